The number of hydrogen-bond acceptors (Lipinski definition) is 4. The average molecular weight is 408 g/mol. The number of carboxylic acid groups (broad SMARTS) is 1. The highest BCUT2D eigenvalue weighted by molar-refractivity contribution is 5.92. The normalized spacial score (nSPS) is 11.1. The summed E-state index contributed by atoms with van der Waals surface area (Å²) in [7, 11) is 0. The molecule has 5 nitrogen and oxygen atoms in total. The van der Waals surface area contributed by atoms with Crippen molar-refractivity contribution in [3.05, 3.63) is 23.0 Å². The SMILES string of the molecule is CCCCCCCCCCCCCCCCOCc1cnc(C)c(O)c1C(=O)O. The van der Waals surface area contributed by atoms with Crippen molar-refractivity contribution in [3.8, 4) is 5.75 Å². The first kappa shape index (κ1) is 25.4. The molecule has 0 bridgehead atoms. The lowest BCUT2D eigenvalue weighted by Gasteiger charge is -2.10. The zero-order valence-electron chi connectivity index (χ0n) is 18.5. The Bertz CT molecular complexity index is 574. The van der Waals surface area contributed by atoms with Crippen LogP contribution in [0.2, 0.25) is 0 Å². The number of nitrogens with zero attached hydrogens (tertiary/aromatic N) is 1. The predicted octanol–water partition coefficient (Wildman–Crippen LogP) is 6.79. The number of pyridine rings is 1. The topological polar surface area (TPSA) is 79.7 Å². The first-order chi connectivity index (χ1) is 14.1. The number of hydrogen-bond donors (Lipinski definition) is 2. The Hall–Kier alpha value is -1.62. The van der Waals surface area contributed by atoms with Gasteiger partial charge in [-0.1, -0.05) is 90.4 Å². The van der Waals surface area contributed by atoms with Gasteiger partial charge in [0.15, 0.2) is 5.75 Å². The van der Waals surface area contributed by atoms with Crippen LogP contribution in [-0.4, -0.2) is 27.8 Å². The lowest BCUT2D eigenvalue weighted by Crippen LogP contribution is -2.07. The number of aryl methyl sites for hydroxylation is 1. The minimum absolute atomic E-state index is 0.0986. The summed E-state index contributed by atoms with van der Waals surface area (Å²) in [5.74, 6) is -1.42. The van der Waals surface area contributed by atoms with Gasteiger partial charge in [0, 0.05) is 18.4 Å². The Kier molecular flexibility index (Phi) is 14.2. The van der Waals surface area contributed by atoms with Crippen LogP contribution in [0.3, 0.4) is 0 Å². The highest BCUT2D eigenvalue weighted by Crippen LogP contribution is 2.24. The standard InChI is InChI=1S/C24H41NO4/c1-3-4-5-6-7-8-9-10-11-12-13-14-15-16-17-29-19-21-18-25-20(2)23(26)22(21)24(27)28/h18,26H,3-17,19H2,1-2H3,(H,27,28). The lowest BCUT2D eigenvalue weighted by molar-refractivity contribution is 0.0682. The molecule has 5 heteroatoms. The van der Waals surface area contributed by atoms with Gasteiger partial charge in [0.1, 0.15) is 5.56 Å². The Balaban J connectivity index is 1.97. The molecule has 0 radical (unpaired) electrons. The zero-order valence-corrected chi connectivity index (χ0v) is 18.5. The number of aromatic carboxylic acids is 1. The molecule has 1 heterocycles. The summed E-state index contributed by atoms with van der Waals surface area (Å²) in [4.78, 5) is 15.3. The molecule has 2 N–H and O–H groups in total. The molecule has 0 amide bonds. The van der Waals surface area contributed by atoms with Gasteiger partial charge in [-0.25, -0.2) is 4.79 Å². The Labute approximate surface area is 176 Å². The number of rotatable bonds is 18. The minimum atomic E-state index is -1.15. The zero-order chi connectivity index (χ0) is 21.3. The first-order valence-corrected chi connectivity index (χ1v) is 11.6. The molecular weight excluding hydrogens is 366 g/mol. The predicted molar refractivity (Wildman–Crippen MR) is 118 cm³/mol. The van der Waals surface area contributed by atoms with Crippen molar-refractivity contribution in [1.82, 2.24) is 4.98 Å². The smallest absolute Gasteiger partial charge is 0.339 e. The molecule has 0 unspecified atom stereocenters. The van der Waals surface area contributed by atoms with Crippen LogP contribution < -0.4 is 0 Å². The Morgan fingerprint density at radius 3 is 1.86 bits per heavy atom. The van der Waals surface area contributed by atoms with Crippen molar-refractivity contribution in [3.63, 3.8) is 0 Å². The fraction of sp³-hybridized carbons (Fsp3) is 0.750. The van der Waals surface area contributed by atoms with E-state index in [2.05, 4.69) is 11.9 Å². The summed E-state index contributed by atoms with van der Waals surface area (Å²) in [6.45, 7) is 4.62. The monoisotopic (exact) mass is 407 g/mol. The quantitative estimate of drug-likeness (QED) is 0.262. The van der Waals surface area contributed by atoms with Gasteiger partial charge in [0.2, 0.25) is 0 Å². The lowest BCUT2D eigenvalue weighted by atomic mass is 10.0. The number of unbranched alkanes of at least 4 members (excludes halogenated alkanes) is 13. The second kappa shape index (κ2) is 16.2. The van der Waals surface area contributed by atoms with E-state index >= 15 is 0 Å². The third-order valence-corrected chi connectivity index (χ3v) is 5.43. The van der Waals surface area contributed by atoms with Crippen molar-refractivity contribution in [1.29, 1.82) is 0 Å². The van der Waals surface area contributed by atoms with E-state index in [1.54, 1.807) is 6.92 Å². The fourth-order valence-corrected chi connectivity index (χ4v) is 3.56. The van der Waals surface area contributed by atoms with E-state index in [9.17, 15) is 15.0 Å². The van der Waals surface area contributed by atoms with Crippen LogP contribution in [0.15, 0.2) is 6.20 Å². The number of carboxylic acids is 1. The van der Waals surface area contributed by atoms with Gasteiger partial charge in [-0.05, 0) is 13.3 Å². The number of ether oxygens (including phenoxy) is 1. The van der Waals surface area contributed by atoms with Gasteiger partial charge in [0.25, 0.3) is 0 Å². The van der Waals surface area contributed by atoms with Gasteiger partial charge in [-0.15, -0.1) is 0 Å². The van der Waals surface area contributed by atoms with Gasteiger partial charge in [-0.3, -0.25) is 4.98 Å². The molecule has 1 rings (SSSR count). The third-order valence-electron chi connectivity index (χ3n) is 5.43. The number of carbonyl (C=O) groups is 1. The molecular formula is C24H41NO4. The third kappa shape index (κ3) is 11.2. The van der Waals surface area contributed by atoms with Crippen LogP contribution in [0.25, 0.3) is 0 Å². The minimum Gasteiger partial charge on any atom is -0.505 e. The summed E-state index contributed by atoms with van der Waals surface area (Å²) in [5.41, 5.74) is 0.641. The van der Waals surface area contributed by atoms with Crippen LogP contribution in [0.4, 0.5) is 0 Å². The maximum absolute atomic E-state index is 11.3. The summed E-state index contributed by atoms with van der Waals surface area (Å²) in [6.07, 6.45) is 19.9. The van der Waals surface area contributed by atoms with Crippen LogP contribution in [0.1, 0.15) is 118 Å². The molecule has 0 aliphatic carbocycles. The maximum atomic E-state index is 11.3. The second-order valence-electron chi connectivity index (χ2n) is 8.05. The van der Waals surface area contributed by atoms with Crippen LogP contribution in [-0.2, 0) is 11.3 Å². The molecule has 0 atom stereocenters. The van der Waals surface area contributed by atoms with Crippen LogP contribution >= 0.6 is 0 Å². The van der Waals surface area contributed by atoms with Crippen molar-refractivity contribution in [2.24, 2.45) is 0 Å². The molecule has 0 saturated heterocycles. The molecule has 0 aliphatic heterocycles. The van der Waals surface area contributed by atoms with Gasteiger partial charge in [0.05, 0.1) is 12.3 Å². The molecule has 166 valence electrons. The fourth-order valence-electron chi connectivity index (χ4n) is 3.56. The highest BCUT2D eigenvalue weighted by Gasteiger charge is 2.18. The van der Waals surface area contributed by atoms with Gasteiger partial charge in [-0.2, -0.15) is 0 Å². The van der Waals surface area contributed by atoms with Gasteiger partial charge < -0.3 is 14.9 Å². The molecule has 1 aromatic heterocycles. The van der Waals surface area contributed by atoms with Crippen LogP contribution in [0.5, 0.6) is 5.75 Å². The summed E-state index contributed by atoms with van der Waals surface area (Å²) in [5, 5.41) is 19.1. The highest BCUT2D eigenvalue weighted by atomic mass is 16.5. The van der Waals surface area contributed by atoms with Crippen molar-refractivity contribution >= 4 is 5.97 Å². The van der Waals surface area contributed by atoms with Gasteiger partial charge >= 0.3 is 5.97 Å². The van der Waals surface area contributed by atoms with E-state index in [4.69, 9.17) is 4.74 Å². The van der Waals surface area contributed by atoms with E-state index in [1.165, 1.54) is 83.2 Å². The molecule has 0 spiro atoms. The molecule has 0 aliphatic rings. The van der Waals surface area contributed by atoms with E-state index in [0.29, 0.717) is 17.9 Å². The first-order valence-electron chi connectivity index (χ1n) is 11.6. The largest absolute Gasteiger partial charge is 0.505 e. The van der Waals surface area contributed by atoms with E-state index in [-0.39, 0.29) is 17.9 Å². The number of aromatic hydroxyl groups is 1. The molecule has 0 fully saturated rings. The Morgan fingerprint density at radius 2 is 1.38 bits per heavy atom. The van der Waals surface area contributed by atoms with Crippen molar-refractivity contribution in [2.45, 2.75) is 110 Å². The molecule has 0 aromatic carbocycles. The van der Waals surface area contributed by atoms with E-state index in [0.717, 1.165) is 12.8 Å². The summed E-state index contributed by atoms with van der Waals surface area (Å²) >= 11 is 0. The summed E-state index contributed by atoms with van der Waals surface area (Å²) < 4.78 is 5.60. The summed E-state index contributed by atoms with van der Waals surface area (Å²) in [6, 6.07) is 0. The molecule has 1 aromatic rings. The van der Waals surface area contributed by atoms with Crippen molar-refractivity contribution < 1.29 is 19.7 Å². The maximum Gasteiger partial charge on any atom is 0.339 e. The average Bonchev–Trinajstić information content (AvgIpc) is 2.70. The second-order valence-corrected chi connectivity index (χ2v) is 8.05. The van der Waals surface area contributed by atoms with Crippen LogP contribution in [0, 0.1) is 6.92 Å². The Morgan fingerprint density at radius 1 is 0.897 bits per heavy atom. The molecule has 29 heavy (non-hydrogen) atoms. The molecule has 0 saturated carbocycles. The van der Waals surface area contributed by atoms with Crippen molar-refractivity contribution in [2.75, 3.05) is 6.61 Å². The van der Waals surface area contributed by atoms with E-state index < -0.39 is 5.97 Å². The van der Waals surface area contributed by atoms with E-state index in [1.807, 2.05) is 0 Å². The number of aromatic nitrogens is 1.